The number of rotatable bonds is 3. The minimum absolute atomic E-state index is 0.0662. The fourth-order valence-corrected chi connectivity index (χ4v) is 3.59. The summed E-state index contributed by atoms with van der Waals surface area (Å²) in [5.41, 5.74) is -1.13. The lowest BCUT2D eigenvalue weighted by Gasteiger charge is -2.37. The zero-order chi connectivity index (χ0) is 15.0. The molecule has 21 heavy (non-hydrogen) atoms. The van der Waals surface area contributed by atoms with Crippen molar-refractivity contribution in [2.24, 2.45) is 0 Å². The van der Waals surface area contributed by atoms with Gasteiger partial charge in [0.25, 0.3) is 11.5 Å². The van der Waals surface area contributed by atoms with Crippen molar-refractivity contribution in [1.29, 1.82) is 0 Å². The van der Waals surface area contributed by atoms with Gasteiger partial charge in [0, 0.05) is 30.7 Å². The highest BCUT2D eigenvalue weighted by Gasteiger charge is 2.37. The topological polar surface area (TPSA) is 98.1 Å². The average molecular weight is 292 g/mol. The number of carbonyl (C=O) groups is 1. The number of carbonyl (C=O) groups excluding carboxylic acids is 1. The Balaban J connectivity index is 1.84. The van der Waals surface area contributed by atoms with Crippen LogP contribution in [0, 0.1) is 0 Å². The Bertz CT molecular complexity index is 610. The zero-order valence-electron chi connectivity index (χ0n) is 12.0. The van der Waals surface area contributed by atoms with Crippen LogP contribution in [0.2, 0.25) is 0 Å². The van der Waals surface area contributed by atoms with Gasteiger partial charge in [0.1, 0.15) is 5.69 Å². The Kier molecular flexibility index (Phi) is 3.67. The highest BCUT2D eigenvalue weighted by atomic mass is 16.2. The normalized spacial score (nSPS) is 27.6. The first kappa shape index (κ1) is 14.1. The maximum Gasteiger partial charge on any atom is 0.326 e. The number of fused-ring (bicyclic) bond motifs is 2. The van der Waals surface area contributed by atoms with E-state index >= 15 is 0 Å². The highest BCUT2D eigenvalue weighted by molar-refractivity contribution is 5.92. The molecule has 0 saturated carbocycles. The molecule has 3 rings (SSSR count). The third-order valence-electron chi connectivity index (χ3n) is 4.48. The molecule has 114 valence electrons. The molecular formula is C14H20N4O3. The Labute approximate surface area is 121 Å². The number of nitrogens with one attached hydrogen (secondary N) is 3. The monoisotopic (exact) mass is 292 g/mol. The summed E-state index contributed by atoms with van der Waals surface area (Å²) in [7, 11) is 0. The molecule has 2 atom stereocenters. The SMILES string of the molecule is CCN(C(=O)c1cc(=O)[nH]c(=O)[nH]1)C1CC2CCC(C1)N2. The van der Waals surface area contributed by atoms with Gasteiger partial charge in [-0.05, 0) is 32.6 Å². The average Bonchev–Trinajstić information content (AvgIpc) is 2.77. The van der Waals surface area contributed by atoms with E-state index in [1.165, 1.54) is 0 Å². The van der Waals surface area contributed by atoms with Crippen LogP contribution >= 0.6 is 0 Å². The van der Waals surface area contributed by atoms with Crippen molar-refractivity contribution in [1.82, 2.24) is 20.2 Å². The number of H-pyrrole nitrogens is 2. The van der Waals surface area contributed by atoms with Crippen molar-refractivity contribution in [3.63, 3.8) is 0 Å². The van der Waals surface area contributed by atoms with Crippen LogP contribution in [0.1, 0.15) is 43.1 Å². The van der Waals surface area contributed by atoms with Crippen molar-refractivity contribution in [2.75, 3.05) is 6.54 Å². The number of piperidine rings is 1. The predicted octanol–water partition coefficient (Wildman–Crippen LogP) is -0.192. The zero-order valence-corrected chi connectivity index (χ0v) is 12.0. The van der Waals surface area contributed by atoms with Gasteiger partial charge in [0.15, 0.2) is 0 Å². The number of aromatic amines is 2. The van der Waals surface area contributed by atoms with Crippen LogP contribution in [0.3, 0.4) is 0 Å². The molecule has 2 aliphatic heterocycles. The first-order chi connectivity index (χ1) is 10.1. The molecule has 2 aliphatic rings. The summed E-state index contributed by atoms with van der Waals surface area (Å²) in [4.78, 5) is 41.6. The molecule has 3 heterocycles. The van der Waals surface area contributed by atoms with Crippen LogP contribution in [0.15, 0.2) is 15.7 Å². The van der Waals surface area contributed by atoms with E-state index in [0.717, 1.165) is 31.7 Å². The maximum atomic E-state index is 12.6. The van der Waals surface area contributed by atoms with Gasteiger partial charge >= 0.3 is 5.69 Å². The lowest BCUT2D eigenvalue weighted by Crippen LogP contribution is -2.50. The number of aromatic nitrogens is 2. The van der Waals surface area contributed by atoms with E-state index in [2.05, 4.69) is 15.3 Å². The Morgan fingerprint density at radius 3 is 2.48 bits per heavy atom. The molecule has 0 aromatic carbocycles. The van der Waals surface area contributed by atoms with E-state index in [1.807, 2.05) is 6.92 Å². The third-order valence-corrected chi connectivity index (χ3v) is 4.48. The highest BCUT2D eigenvalue weighted by Crippen LogP contribution is 2.30. The molecule has 0 radical (unpaired) electrons. The first-order valence-electron chi connectivity index (χ1n) is 7.47. The summed E-state index contributed by atoms with van der Waals surface area (Å²) < 4.78 is 0. The minimum Gasteiger partial charge on any atom is -0.335 e. The van der Waals surface area contributed by atoms with E-state index < -0.39 is 11.2 Å². The lowest BCUT2D eigenvalue weighted by molar-refractivity contribution is 0.0624. The Morgan fingerprint density at radius 2 is 1.90 bits per heavy atom. The van der Waals surface area contributed by atoms with Gasteiger partial charge in [-0.25, -0.2) is 4.79 Å². The second kappa shape index (κ2) is 5.48. The predicted molar refractivity (Wildman–Crippen MR) is 77.4 cm³/mol. The van der Waals surface area contributed by atoms with Gasteiger partial charge in [-0.1, -0.05) is 0 Å². The van der Waals surface area contributed by atoms with Crippen molar-refractivity contribution in [2.45, 2.75) is 50.7 Å². The smallest absolute Gasteiger partial charge is 0.326 e. The van der Waals surface area contributed by atoms with E-state index in [1.54, 1.807) is 4.90 Å². The van der Waals surface area contributed by atoms with Gasteiger partial charge in [-0.15, -0.1) is 0 Å². The molecule has 1 aromatic heterocycles. The molecule has 1 aromatic rings. The van der Waals surface area contributed by atoms with Crippen LogP contribution in [-0.2, 0) is 0 Å². The summed E-state index contributed by atoms with van der Waals surface area (Å²) in [5.74, 6) is -0.271. The molecular weight excluding hydrogens is 272 g/mol. The van der Waals surface area contributed by atoms with Gasteiger partial charge in [-0.2, -0.15) is 0 Å². The second-order valence-electron chi connectivity index (χ2n) is 5.86. The minimum atomic E-state index is -0.646. The quantitative estimate of drug-likeness (QED) is 0.719. The molecule has 2 unspecified atom stereocenters. The van der Waals surface area contributed by atoms with Crippen LogP contribution in [0.25, 0.3) is 0 Å². The lowest BCUT2D eigenvalue weighted by atomic mass is 9.98. The fraction of sp³-hybridized carbons (Fsp3) is 0.643. The van der Waals surface area contributed by atoms with Gasteiger partial charge < -0.3 is 15.2 Å². The summed E-state index contributed by atoms with van der Waals surface area (Å²) in [6, 6.07) is 2.29. The van der Waals surface area contributed by atoms with Gasteiger partial charge in [0.05, 0.1) is 0 Å². The maximum absolute atomic E-state index is 12.6. The Hall–Kier alpha value is -1.89. The molecule has 7 nitrogen and oxygen atoms in total. The molecule has 2 bridgehead atoms. The second-order valence-corrected chi connectivity index (χ2v) is 5.86. The first-order valence-corrected chi connectivity index (χ1v) is 7.47. The van der Waals surface area contributed by atoms with E-state index in [0.29, 0.717) is 18.6 Å². The summed E-state index contributed by atoms with van der Waals surface area (Å²) >= 11 is 0. The van der Waals surface area contributed by atoms with E-state index in [4.69, 9.17) is 0 Å². The number of hydrogen-bond donors (Lipinski definition) is 3. The molecule has 2 saturated heterocycles. The van der Waals surface area contributed by atoms with Crippen LogP contribution in [0.4, 0.5) is 0 Å². The standard InChI is InChI=1S/C14H20N4O3/c1-2-18(10-5-8-3-4-9(6-10)15-8)13(20)11-7-12(19)17-14(21)16-11/h7-10,15H,2-6H2,1H3,(H2,16,17,19,21). The van der Waals surface area contributed by atoms with Crippen molar-refractivity contribution in [3.05, 3.63) is 32.6 Å². The van der Waals surface area contributed by atoms with E-state index in [-0.39, 0.29) is 17.6 Å². The molecule has 2 fully saturated rings. The van der Waals surface area contributed by atoms with Gasteiger partial charge in [0.2, 0.25) is 0 Å². The van der Waals surface area contributed by atoms with Crippen LogP contribution in [-0.4, -0.2) is 45.4 Å². The van der Waals surface area contributed by atoms with Crippen LogP contribution in [0.5, 0.6) is 0 Å². The largest absolute Gasteiger partial charge is 0.335 e. The summed E-state index contributed by atoms with van der Waals surface area (Å²) in [6.07, 6.45) is 4.19. The van der Waals surface area contributed by atoms with Gasteiger partial charge in [-0.3, -0.25) is 14.6 Å². The number of hydrogen-bond acceptors (Lipinski definition) is 4. The van der Waals surface area contributed by atoms with Crippen molar-refractivity contribution >= 4 is 5.91 Å². The molecule has 1 amide bonds. The van der Waals surface area contributed by atoms with Crippen molar-refractivity contribution < 1.29 is 4.79 Å². The Morgan fingerprint density at radius 1 is 1.24 bits per heavy atom. The van der Waals surface area contributed by atoms with Crippen molar-refractivity contribution in [3.8, 4) is 0 Å². The van der Waals surface area contributed by atoms with E-state index in [9.17, 15) is 14.4 Å². The molecule has 3 N–H and O–H groups in total. The number of nitrogens with zero attached hydrogens (tertiary/aromatic N) is 1. The molecule has 0 spiro atoms. The molecule has 0 aliphatic carbocycles. The molecule has 7 heteroatoms. The van der Waals surface area contributed by atoms with Crippen LogP contribution < -0.4 is 16.6 Å². The summed E-state index contributed by atoms with van der Waals surface area (Å²) in [5, 5.41) is 3.55. The summed E-state index contributed by atoms with van der Waals surface area (Å²) in [6.45, 7) is 2.49. The fourth-order valence-electron chi connectivity index (χ4n) is 3.59. The number of amides is 1. The third kappa shape index (κ3) is 2.78.